The molecule has 0 aromatic heterocycles. The zero-order valence-corrected chi connectivity index (χ0v) is 10.8. The molecule has 96 valence electrons. The standard InChI is InChI=1S/C14H17NO3/c1-4-5-6-7-14(16)15-11-8-9-12(17-2)13(10-11)18-3/h4-10H,1-3H3,(H,15,16)/b5-4+,7-6+. The monoisotopic (exact) mass is 247 g/mol. The average molecular weight is 247 g/mol. The molecular weight excluding hydrogens is 230 g/mol. The Kier molecular flexibility index (Phi) is 5.51. The molecule has 4 heteroatoms. The predicted molar refractivity (Wildman–Crippen MR) is 72.1 cm³/mol. The van der Waals surface area contributed by atoms with Gasteiger partial charge in [0.2, 0.25) is 5.91 Å². The molecule has 0 unspecified atom stereocenters. The van der Waals surface area contributed by atoms with Gasteiger partial charge in [0.25, 0.3) is 0 Å². The topological polar surface area (TPSA) is 47.6 Å². The Labute approximate surface area is 107 Å². The molecule has 0 fully saturated rings. The third-order valence-electron chi connectivity index (χ3n) is 2.20. The molecule has 0 bridgehead atoms. The summed E-state index contributed by atoms with van der Waals surface area (Å²) in [7, 11) is 3.12. The minimum Gasteiger partial charge on any atom is -0.493 e. The number of carbonyl (C=O) groups excluding carboxylic acids is 1. The first kappa shape index (κ1) is 13.8. The van der Waals surface area contributed by atoms with E-state index in [2.05, 4.69) is 5.32 Å². The van der Waals surface area contributed by atoms with Crippen molar-refractivity contribution >= 4 is 11.6 Å². The fraction of sp³-hybridized carbons (Fsp3) is 0.214. The summed E-state index contributed by atoms with van der Waals surface area (Å²) in [5.41, 5.74) is 0.655. The van der Waals surface area contributed by atoms with Gasteiger partial charge in [0.15, 0.2) is 11.5 Å². The number of hydrogen-bond acceptors (Lipinski definition) is 3. The van der Waals surface area contributed by atoms with E-state index in [-0.39, 0.29) is 5.91 Å². The molecule has 0 aliphatic heterocycles. The van der Waals surface area contributed by atoms with Crippen LogP contribution in [0.15, 0.2) is 42.5 Å². The summed E-state index contributed by atoms with van der Waals surface area (Å²) in [6.07, 6.45) is 6.77. The number of ether oxygens (including phenoxy) is 2. The van der Waals surface area contributed by atoms with Crippen LogP contribution in [-0.2, 0) is 4.79 Å². The first-order valence-electron chi connectivity index (χ1n) is 5.53. The minimum atomic E-state index is -0.194. The summed E-state index contributed by atoms with van der Waals surface area (Å²) < 4.78 is 10.3. The van der Waals surface area contributed by atoms with Crippen LogP contribution < -0.4 is 14.8 Å². The SMILES string of the molecule is C/C=C/C=C/C(=O)Nc1ccc(OC)c(OC)c1. The maximum Gasteiger partial charge on any atom is 0.248 e. The molecule has 0 aliphatic rings. The van der Waals surface area contributed by atoms with Crippen LogP contribution in [0, 0.1) is 0 Å². The first-order valence-corrected chi connectivity index (χ1v) is 5.53. The Morgan fingerprint density at radius 3 is 2.50 bits per heavy atom. The summed E-state index contributed by atoms with van der Waals surface area (Å²) in [6.45, 7) is 1.89. The van der Waals surface area contributed by atoms with E-state index in [0.717, 1.165) is 0 Å². The van der Waals surface area contributed by atoms with Gasteiger partial charge < -0.3 is 14.8 Å². The lowest BCUT2D eigenvalue weighted by molar-refractivity contribution is -0.111. The summed E-state index contributed by atoms with van der Waals surface area (Å²) in [5, 5.41) is 2.73. The molecule has 1 N–H and O–H groups in total. The van der Waals surface area contributed by atoms with Crippen molar-refractivity contribution in [2.24, 2.45) is 0 Å². The lowest BCUT2D eigenvalue weighted by Gasteiger charge is -2.09. The van der Waals surface area contributed by atoms with Crippen molar-refractivity contribution in [2.75, 3.05) is 19.5 Å². The number of anilines is 1. The van der Waals surface area contributed by atoms with Crippen LogP contribution in [0.2, 0.25) is 0 Å². The number of benzene rings is 1. The van der Waals surface area contributed by atoms with Gasteiger partial charge in [0.1, 0.15) is 0 Å². The molecule has 0 aliphatic carbocycles. The van der Waals surface area contributed by atoms with Crippen molar-refractivity contribution < 1.29 is 14.3 Å². The molecule has 0 atom stereocenters. The molecule has 1 aromatic rings. The number of allylic oxidation sites excluding steroid dienone is 3. The van der Waals surface area contributed by atoms with Crippen molar-refractivity contribution in [3.63, 3.8) is 0 Å². The Morgan fingerprint density at radius 1 is 1.17 bits per heavy atom. The summed E-state index contributed by atoms with van der Waals surface area (Å²) in [6, 6.07) is 5.20. The second-order valence-electron chi connectivity index (χ2n) is 3.44. The van der Waals surface area contributed by atoms with Gasteiger partial charge in [-0.1, -0.05) is 18.2 Å². The number of hydrogen-bond donors (Lipinski definition) is 1. The zero-order valence-electron chi connectivity index (χ0n) is 10.8. The van der Waals surface area contributed by atoms with Crippen molar-refractivity contribution in [2.45, 2.75) is 6.92 Å². The van der Waals surface area contributed by atoms with E-state index in [1.54, 1.807) is 44.6 Å². The van der Waals surface area contributed by atoms with E-state index in [1.165, 1.54) is 6.08 Å². The molecule has 0 saturated heterocycles. The first-order chi connectivity index (χ1) is 8.71. The van der Waals surface area contributed by atoms with Crippen LogP contribution in [0.4, 0.5) is 5.69 Å². The third kappa shape index (κ3) is 3.97. The van der Waals surface area contributed by atoms with E-state index < -0.39 is 0 Å². The van der Waals surface area contributed by atoms with E-state index in [9.17, 15) is 4.79 Å². The quantitative estimate of drug-likeness (QED) is 0.643. The molecule has 4 nitrogen and oxygen atoms in total. The average Bonchev–Trinajstić information content (AvgIpc) is 2.39. The molecule has 0 heterocycles. The highest BCUT2D eigenvalue weighted by atomic mass is 16.5. The fourth-order valence-electron chi connectivity index (χ4n) is 1.35. The second-order valence-corrected chi connectivity index (χ2v) is 3.44. The Hall–Kier alpha value is -2.23. The predicted octanol–water partition coefficient (Wildman–Crippen LogP) is 2.77. The van der Waals surface area contributed by atoms with Crippen molar-refractivity contribution in [3.05, 3.63) is 42.5 Å². The van der Waals surface area contributed by atoms with E-state index in [0.29, 0.717) is 17.2 Å². The fourth-order valence-corrected chi connectivity index (χ4v) is 1.35. The maximum absolute atomic E-state index is 11.5. The number of methoxy groups -OCH3 is 2. The highest BCUT2D eigenvalue weighted by molar-refractivity contribution is 5.99. The van der Waals surface area contributed by atoms with Gasteiger partial charge in [0.05, 0.1) is 14.2 Å². The molecule has 1 amide bonds. The molecule has 1 rings (SSSR count). The van der Waals surface area contributed by atoms with Crippen molar-refractivity contribution in [3.8, 4) is 11.5 Å². The van der Waals surface area contributed by atoms with E-state index >= 15 is 0 Å². The number of carbonyl (C=O) groups is 1. The largest absolute Gasteiger partial charge is 0.493 e. The van der Waals surface area contributed by atoms with Crippen molar-refractivity contribution in [1.82, 2.24) is 0 Å². The third-order valence-corrected chi connectivity index (χ3v) is 2.20. The molecule has 0 radical (unpaired) electrons. The van der Waals surface area contributed by atoms with Crippen LogP contribution in [0.3, 0.4) is 0 Å². The summed E-state index contributed by atoms with van der Waals surface area (Å²) in [5.74, 6) is 1.01. The van der Waals surface area contributed by atoms with E-state index in [1.807, 2.05) is 13.0 Å². The van der Waals surface area contributed by atoms with Crippen LogP contribution in [0.5, 0.6) is 11.5 Å². The van der Waals surface area contributed by atoms with Gasteiger partial charge in [0, 0.05) is 17.8 Å². The van der Waals surface area contributed by atoms with Gasteiger partial charge in [-0.25, -0.2) is 0 Å². The van der Waals surface area contributed by atoms with Gasteiger partial charge in [-0.15, -0.1) is 0 Å². The van der Waals surface area contributed by atoms with Crippen LogP contribution in [-0.4, -0.2) is 20.1 Å². The highest BCUT2D eigenvalue weighted by Gasteiger charge is 2.05. The van der Waals surface area contributed by atoms with Gasteiger partial charge >= 0.3 is 0 Å². The lowest BCUT2D eigenvalue weighted by Crippen LogP contribution is -2.07. The molecule has 0 saturated carbocycles. The number of amides is 1. The van der Waals surface area contributed by atoms with Crippen molar-refractivity contribution in [1.29, 1.82) is 0 Å². The Bertz CT molecular complexity index is 464. The molecule has 18 heavy (non-hydrogen) atoms. The molecule has 0 spiro atoms. The zero-order chi connectivity index (χ0) is 13.4. The van der Waals surface area contributed by atoms with Crippen LogP contribution in [0.1, 0.15) is 6.92 Å². The smallest absolute Gasteiger partial charge is 0.248 e. The highest BCUT2D eigenvalue weighted by Crippen LogP contribution is 2.29. The lowest BCUT2D eigenvalue weighted by atomic mass is 10.2. The van der Waals surface area contributed by atoms with Crippen LogP contribution in [0.25, 0.3) is 0 Å². The summed E-state index contributed by atoms with van der Waals surface area (Å²) in [4.78, 5) is 11.5. The normalized spacial score (nSPS) is 10.8. The summed E-state index contributed by atoms with van der Waals surface area (Å²) >= 11 is 0. The number of nitrogens with one attached hydrogen (secondary N) is 1. The Balaban J connectivity index is 2.76. The van der Waals surface area contributed by atoms with Gasteiger partial charge in [-0.05, 0) is 19.1 Å². The number of rotatable bonds is 5. The Morgan fingerprint density at radius 2 is 1.89 bits per heavy atom. The van der Waals surface area contributed by atoms with E-state index in [4.69, 9.17) is 9.47 Å². The molecule has 1 aromatic carbocycles. The van der Waals surface area contributed by atoms with Crippen LogP contribution >= 0.6 is 0 Å². The maximum atomic E-state index is 11.5. The van der Waals surface area contributed by atoms with Gasteiger partial charge in [-0.3, -0.25) is 4.79 Å². The molecular formula is C14H17NO3. The van der Waals surface area contributed by atoms with Gasteiger partial charge in [-0.2, -0.15) is 0 Å². The minimum absolute atomic E-state index is 0.194. The second kappa shape index (κ2) is 7.17.